The molecule has 0 aliphatic carbocycles. The second-order valence-electron chi connectivity index (χ2n) is 6.50. The second kappa shape index (κ2) is 10.0. The van der Waals surface area contributed by atoms with Crippen LogP contribution in [-0.2, 0) is 0 Å². The largest absolute Gasteiger partial charge is 0.507 e. The number of anilines is 2. The number of amides is 3. The van der Waals surface area contributed by atoms with E-state index in [1.165, 1.54) is 18.2 Å². The van der Waals surface area contributed by atoms with Crippen LogP contribution in [0.25, 0.3) is 0 Å². The third-order valence-corrected chi connectivity index (χ3v) is 4.39. The Morgan fingerprint density at radius 3 is 1.65 bits per heavy atom. The van der Waals surface area contributed by atoms with Crippen molar-refractivity contribution in [2.75, 3.05) is 23.8 Å². The highest BCUT2D eigenvalue weighted by molar-refractivity contribution is 6.14. The molecular formula is C23H21N3O5. The van der Waals surface area contributed by atoms with Crippen molar-refractivity contribution in [2.24, 2.45) is 0 Å². The van der Waals surface area contributed by atoms with Crippen molar-refractivity contribution in [3.63, 3.8) is 0 Å². The fourth-order valence-corrected chi connectivity index (χ4v) is 2.89. The van der Waals surface area contributed by atoms with Gasteiger partial charge in [-0.3, -0.25) is 14.4 Å². The molecule has 3 rings (SSSR count). The SMILES string of the molecule is O=C(Nc1ccccc1C(=O)Nc1ccccc1C(=O)NCCO)c1ccccc1O. The number of nitrogens with one attached hydrogen (secondary N) is 3. The van der Waals surface area contributed by atoms with Gasteiger partial charge in [0, 0.05) is 6.54 Å². The molecule has 158 valence electrons. The average Bonchev–Trinajstić information content (AvgIpc) is 2.78. The quantitative estimate of drug-likeness (QED) is 0.402. The highest BCUT2D eigenvalue weighted by Gasteiger charge is 2.18. The number of para-hydroxylation sites is 3. The standard InChI is InChI=1S/C23H21N3O5/c27-14-13-24-21(29)15-7-1-4-10-18(15)25-22(30)16-8-2-5-11-19(16)26-23(31)17-9-3-6-12-20(17)28/h1-12,27-28H,13-14H2,(H,24,29)(H,25,30)(H,26,31). The fraction of sp³-hybridized carbons (Fsp3) is 0.0870. The van der Waals surface area contributed by atoms with Gasteiger partial charge in [0.25, 0.3) is 17.7 Å². The van der Waals surface area contributed by atoms with Crippen LogP contribution in [0.3, 0.4) is 0 Å². The maximum Gasteiger partial charge on any atom is 0.259 e. The lowest BCUT2D eigenvalue weighted by Crippen LogP contribution is -2.27. The summed E-state index contributed by atoms with van der Waals surface area (Å²) < 4.78 is 0. The topological polar surface area (TPSA) is 128 Å². The Bertz CT molecular complexity index is 1110. The van der Waals surface area contributed by atoms with E-state index < -0.39 is 17.7 Å². The summed E-state index contributed by atoms with van der Waals surface area (Å²) in [5, 5.41) is 26.6. The summed E-state index contributed by atoms with van der Waals surface area (Å²) in [5.74, 6) is -1.71. The van der Waals surface area contributed by atoms with Gasteiger partial charge in [-0.15, -0.1) is 0 Å². The smallest absolute Gasteiger partial charge is 0.259 e. The number of phenols is 1. The van der Waals surface area contributed by atoms with E-state index in [-0.39, 0.29) is 47.0 Å². The van der Waals surface area contributed by atoms with E-state index >= 15 is 0 Å². The Morgan fingerprint density at radius 2 is 1.10 bits per heavy atom. The van der Waals surface area contributed by atoms with E-state index in [1.807, 2.05) is 0 Å². The molecule has 0 radical (unpaired) electrons. The van der Waals surface area contributed by atoms with Gasteiger partial charge in [0.15, 0.2) is 0 Å². The first-order valence-corrected chi connectivity index (χ1v) is 9.49. The molecule has 0 heterocycles. The summed E-state index contributed by atoms with van der Waals surface area (Å²) >= 11 is 0. The minimum absolute atomic E-state index is 0.0728. The van der Waals surface area contributed by atoms with E-state index in [0.29, 0.717) is 0 Å². The molecule has 0 fully saturated rings. The van der Waals surface area contributed by atoms with Gasteiger partial charge < -0.3 is 26.2 Å². The van der Waals surface area contributed by atoms with E-state index in [9.17, 15) is 19.5 Å². The Kier molecular flexibility index (Phi) is 6.97. The van der Waals surface area contributed by atoms with Crippen LogP contribution >= 0.6 is 0 Å². The highest BCUT2D eigenvalue weighted by Crippen LogP contribution is 2.22. The zero-order chi connectivity index (χ0) is 22.2. The average molecular weight is 419 g/mol. The number of rotatable bonds is 7. The number of aromatic hydroxyl groups is 1. The van der Waals surface area contributed by atoms with Crippen molar-refractivity contribution >= 4 is 29.1 Å². The van der Waals surface area contributed by atoms with Crippen molar-refractivity contribution in [1.29, 1.82) is 0 Å². The Hall–Kier alpha value is -4.17. The molecule has 8 nitrogen and oxygen atoms in total. The number of aliphatic hydroxyl groups is 1. The van der Waals surface area contributed by atoms with Crippen molar-refractivity contribution in [3.8, 4) is 5.75 Å². The third-order valence-electron chi connectivity index (χ3n) is 4.39. The van der Waals surface area contributed by atoms with E-state index in [4.69, 9.17) is 5.11 Å². The molecule has 0 aromatic heterocycles. The van der Waals surface area contributed by atoms with Crippen LogP contribution in [-0.4, -0.2) is 41.1 Å². The summed E-state index contributed by atoms with van der Waals surface area (Å²) in [6.07, 6.45) is 0. The van der Waals surface area contributed by atoms with Crippen LogP contribution in [0, 0.1) is 0 Å². The molecule has 8 heteroatoms. The summed E-state index contributed by atoms with van der Waals surface area (Å²) in [6.45, 7) is -0.118. The minimum atomic E-state index is -0.567. The van der Waals surface area contributed by atoms with Gasteiger partial charge in [-0.1, -0.05) is 36.4 Å². The number of aliphatic hydroxyl groups excluding tert-OH is 1. The van der Waals surface area contributed by atoms with Crippen LogP contribution in [0.5, 0.6) is 5.75 Å². The predicted octanol–water partition coefficient (Wildman–Crippen LogP) is 2.62. The molecular weight excluding hydrogens is 398 g/mol. The molecule has 0 aliphatic rings. The van der Waals surface area contributed by atoms with Crippen LogP contribution in [0.1, 0.15) is 31.1 Å². The van der Waals surface area contributed by atoms with Gasteiger partial charge in [0.05, 0.1) is 34.7 Å². The summed E-state index contributed by atoms with van der Waals surface area (Å²) in [6, 6.07) is 18.9. The van der Waals surface area contributed by atoms with Crippen LogP contribution in [0.15, 0.2) is 72.8 Å². The van der Waals surface area contributed by atoms with Crippen molar-refractivity contribution in [2.45, 2.75) is 0 Å². The zero-order valence-electron chi connectivity index (χ0n) is 16.5. The molecule has 0 unspecified atom stereocenters. The van der Waals surface area contributed by atoms with E-state index in [0.717, 1.165) is 0 Å². The molecule has 0 atom stereocenters. The molecule has 0 saturated heterocycles. The first-order valence-electron chi connectivity index (χ1n) is 9.49. The lowest BCUT2D eigenvalue weighted by atomic mass is 10.1. The zero-order valence-corrected chi connectivity index (χ0v) is 16.5. The van der Waals surface area contributed by atoms with Gasteiger partial charge in [-0.05, 0) is 36.4 Å². The van der Waals surface area contributed by atoms with Gasteiger partial charge >= 0.3 is 0 Å². The molecule has 31 heavy (non-hydrogen) atoms. The second-order valence-corrected chi connectivity index (χ2v) is 6.50. The molecule has 5 N–H and O–H groups in total. The monoisotopic (exact) mass is 419 g/mol. The van der Waals surface area contributed by atoms with Crippen LogP contribution in [0.2, 0.25) is 0 Å². The molecule has 0 aliphatic heterocycles. The minimum Gasteiger partial charge on any atom is -0.507 e. The highest BCUT2D eigenvalue weighted by atomic mass is 16.3. The van der Waals surface area contributed by atoms with E-state index in [1.54, 1.807) is 54.6 Å². The number of hydrogen-bond acceptors (Lipinski definition) is 5. The van der Waals surface area contributed by atoms with Gasteiger partial charge in [-0.2, -0.15) is 0 Å². The van der Waals surface area contributed by atoms with Gasteiger partial charge in [-0.25, -0.2) is 0 Å². The molecule has 3 aromatic carbocycles. The molecule has 0 saturated carbocycles. The number of phenolic OH excluding ortho intramolecular Hbond substituents is 1. The first kappa shape index (κ1) is 21.5. The summed E-state index contributed by atoms with van der Waals surface area (Å²) in [4.78, 5) is 37.8. The van der Waals surface area contributed by atoms with E-state index in [2.05, 4.69) is 16.0 Å². The first-order chi connectivity index (χ1) is 15.0. The van der Waals surface area contributed by atoms with Crippen molar-refractivity contribution in [3.05, 3.63) is 89.5 Å². The molecule has 0 bridgehead atoms. The Labute approximate surface area is 178 Å². The lowest BCUT2D eigenvalue weighted by molar-refractivity contribution is 0.0945. The third kappa shape index (κ3) is 5.26. The van der Waals surface area contributed by atoms with Crippen LogP contribution < -0.4 is 16.0 Å². The number of carbonyl (C=O) groups excluding carboxylic acids is 3. The number of hydrogen-bond donors (Lipinski definition) is 5. The maximum atomic E-state index is 12.9. The Balaban J connectivity index is 1.82. The molecule has 3 amide bonds. The predicted molar refractivity (Wildman–Crippen MR) is 116 cm³/mol. The lowest BCUT2D eigenvalue weighted by Gasteiger charge is -2.14. The maximum absolute atomic E-state index is 12.9. The van der Waals surface area contributed by atoms with Crippen LogP contribution in [0.4, 0.5) is 11.4 Å². The number of benzene rings is 3. The number of carbonyl (C=O) groups is 3. The molecule has 0 spiro atoms. The van der Waals surface area contributed by atoms with Gasteiger partial charge in [0.2, 0.25) is 0 Å². The van der Waals surface area contributed by atoms with Crippen molar-refractivity contribution in [1.82, 2.24) is 5.32 Å². The van der Waals surface area contributed by atoms with Crippen molar-refractivity contribution < 1.29 is 24.6 Å². The fourth-order valence-electron chi connectivity index (χ4n) is 2.89. The normalized spacial score (nSPS) is 10.2. The summed E-state index contributed by atoms with van der Waals surface area (Å²) in [5.41, 5.74) is 1.01. The van der Waals surface area contributed by atoms with Gasteiger partial charge in [0.1, 0.15) is 5.75 Å². The Morgan fingerprint density at radius 1 is 0.645 bits per heavy atom. The molecule has 3 aromatic rings. The summed E-state index contributed by atoms with van der Waals surface area (Å²) in [7, 11) is 0.